The highest BCUT2D eigenvalue weighted by Crippen LogP contribution is 2.31. The second-order valence-corrected chi connectivity index (χ2v) is 5.48. The zero-order valence-electron chi connectivity index (χ0n) is 10.1. The van der Waals surface area contributed by atoms with E-state index in [1.54, 1.807) is 12.1 Å². The lowest BCUT2D eigenvalue weighted by Crippen LogP contribution is -2.05. The first kappa shape index (κ1) is 13.1. The summed E-state index contributed by atoms with van der Waals surface area (Å²) < 4.78 is 5.77. The minimum absolute atomic E-state index is 0.123. The molecule has 0 saturated carbocycles. The third kappa shape index (κ3) is 2.89. The van der Waals surface area contributed by atoms with Crippen LogP contribution < -0.4 is 10.1 Å². The highest BCUT2D eigenvalue weighted by atomic mass is 35.5. The van der Waals surface area contributed by atoms with Crippen LogP contribution in [0.25, 0.3) is 0 Å². The molecule has 0 fully saturated rings. The molecule has 2 aromatic rings. The van der Waals surface area contributed by atoms with Crippen LogP contribution in [0.4, 0.5) is 5.69 Å². The van der Waals surface area contributed by atoms with Gasteiger partial charge in [0.15, 0.2) is 11.5 Å². The van der Waals surface area contributed by atoms with Crippen molar-refractivity contribution in [1.29, 1.82) is 0 Å². The van der Waals surface area contributed by atoms with Crippen molar-refractivity contribution in [3.05, 3.63) is 39.5 Å². The molecule has 0 aliphatic carbocycles. The molecule has 1 atom stereocenters. The number of ether oxygens (including phenoxy) is 1. The lowest BCUT2D eigenvalue weighted by molar-refractivity contribution is 0.373. The van der Waals surface area contributed by atoms with Gasteiger partial charge in [-0.25, -0.2) is 0 Å². The fraction of sp³-hybridized carbons (Fsp3) is 0.231. The van der Waals surface area contributed by atoms with Crippen LogP contribution in [-0.4, -0.2) is 12.2 Å². The number of benzene rings is 1. The summed E-state index contributed by atoms with van der Waals surface area (Å²) in [6, 6.07) is 7.30. The number of thiophene rings is 1. The molecule has 0 spiro atoms. The molecule has 0 bridgehead atoms. The van der Waals surface area contributed by atoms with Crippen LogP contribution in [0.1, 0.15) is 18.5 Å². The first-order valence-electron chi connectivity index (χ1n) is 5.47. The van der Waals surface area contributed by atoms with Crippen LogP contribution in [0.2, 0.25) is 4.34 Å². The second-order valence-electron chi connectivity index (χ2n) is 3.94. The maximum atomic E-state index is 9.69. The Morgan fingerprint density at radius 2 is 2.17 bits per heavy atom. The number of rotatable bonds is 4. The van der Waals surface area contributed by atoms with Crippen LogP contribution in [0.15, 0.2) is 29.6 Å². The van der Waals surface area contributed by atoms with Gasteiger partial charge >= 0.3 is 0 Å². The van der Waals surface area contributed by atoms with Gasteiger partial charge in [0.1, 0.15) is 0 Å². The molecule has 2 rings (SSSR count). The summed E-state index contributed by atoms with van der Waals surface area (Å²) in [5, 5.41) is 15.0. The first-order chi connectivity index (χ1) is 8.60. The summed E-state index contributed by atoms with van der Waals surface area (Å²) in [4.78, 5) is 0. The number of phenolic OH excluding ortho intramolecular Hbond substituents is 1. The van der Waals surface area contributed by atoms with Crippen LogP contribution in [0.5, 0.6) is 11.5 Å². The Kier molecular flexibility index (Phi) is 3.99. The number of methoxy groups -OCH3 is 1. The van der Waals surface area contributed by atoms with Gasteiger partial charge < -0.3 is 15.2 Å². The third-order valence-electron chi connectivity index (χ3n) is 2.65. The molecular weight excluding hydrogens is 270 g/mol. The summed E-state index contributed by atoms with van der Waals surface area (Å²) in [5.41, 5.74) is 1.96. The van der Waals surface area contributed by atoms with E-state index < -0.39 is 0 Å². The van der Waals surface area contributed by atoms with E-state index in [9.17, 15) is 5.11 Å². The van der Waals surface area contributed by atoms with Crippen LogP contribution in [0, 0.1) is 0 Å². The van der Waals surface area contributed by atoms with Crippen LogP contribution >= 0.6 is 22.9 Å². The minimum Gasteiger partial charge on any atom is -0.504 e. The second kappa shape index (κ2) is 5.50. The van der Waals surface area contributed by atoms with Crippen molar-refractivity contribution >= 4 is 28.6 Å². The van der Waals surface area contributed by atoms with Gasteiger partial charge in [0.05, 0.1) is 11.4 Å². The summed E-state index contributed by atoms with van der Waals surface area (Å²) >= 11 is 7.42. The quantitative estimate of drug-likeness (QED) is 0.879. The number of anilines is 1. The average molecular weight is 284 g/mol. The van der Waals surface area contributed by atoms with Crippen LogP contribution in [0.3, 0.4) is 0 Å². The van der Waals surface area contributed by atoms with Crippen molar-refractivity contribution in [2.75, 3.05) is 12.4 Å². The molecule has 0 saturated heterocycles. The van der Waals surface area contributed by atoms with Gasteiger partial charge in [-0.3, -0.25) is 0 Å². The number of aromatic hydroxyl groups is 1. The molecule has 3 nitrogen and oxygen atoms in total. The Hall–Kier alpha value is -1.39. The fourth-order valence-corrected chi connectivity index (χ4v) is 2.65. The highest BCUT2D eigenvalue weighted by molar-refractivity contribution is 7.14. The van der Waals surface area contributed by atoms with Gasteiger partial charge in [0, 0.05) is 17.8 Å². The highest BCUT2D eigenvalue weighted by Gasteiger charge is 2.09. The van der Waals surface area contributed by atoms with Crippen molar-refractivity contribution in [1.82, 2.24) is 0 Å². The van der Waals surface area contributed by atoms with Gasteiger partial charge in [0.2, 0.25) is 0 Å². The van der Waals surface area contributed by atoms with Crippen molar-refractivity contribution < 1.29 is 9.84 Å². The van der Waals surface area contributed by atoms with Crippen molar-refractivity contribution in [3.8, 4) is 11.5 Å². The summed E-state index contributed by atoms with van der Waals surface area (Å²) in [5.74, 6) is 0.588. The Bertz CT molecular complexity index is 542. The molecular formula is C13H14ClNO2S. The molecule has 0 aliphatic heterocycles. The average Bonchev–Trinajstić information content (AvgIpc) is 2.76. The molecule has 0 amide bonds. The standard InChI is InChI=1S/C13H14ClNO2S/c1-8(9-5-13(14)18-7-9)15-10-3-4-12(17-2)11(16)6-10/h3-8,15-16H,1-2H3. The number of phenols is 1. The number of nitrogens with one attached hydrogen (secondary N) is 1. The van der Waals surface area contributed by atoms with Crippen molar-refractivity contribution in [2.24, 2.45) is 0 Å². The molecule has 0 aliphatic rings. The number of halogens is 1. The third-order valence-corrected chi connectivity index (χ3v) is 3.76. The van der Waals surface area contributed by atoms with Gasteiger partial charge in [-0.2, -0.15) is 0 Å². The SMILES string of the molecule is COc1ccc(NC(C)c2csc(Cl)c2)cc1O. The van der Waals surface area contributed by atoms with Crippen molar-refractivity contribution in [3.63, 3.8) is 0 Å². The predicted molar refractivity (Wildman–Crippen MR) is 76.0 cm³/mol. The van der Waals surface area contributed by atoms with E-state index in [0.717, 1.165) is 15.6 Å². The fourth-order valence-electron chi connectivity index (χ4n) is 1.66. The normalized spacial score (nSPS) is 12.2. The Balaban J connectivity index is 2.12. The zero-order valence-corrected chi connectivity index (χ0v) is 11.7. The largest absolute Gasteiger partial charge is 0.504 e. The van der Waals surface area contributed by atoms with E-state index >= 15 is 0 Å². The Morgan fingerprint density at radius 3 is 2.72 bits per heavy atom. The zero-order chi connectivity index (χ0) is 13.1. The minimum atomic E-state index is 0.123. The Labute approximate surface area is 115 Å². The maximum Gasteiger partial charge on any atom is 0.160 e. The molecule has 1 aromatic heterocycles. The lowest BCUT2D eigenvalue weighted by Gasteiger charge is -2.15. The summed E-state index contributed by atoms with van der Waals surface area (Å²) in [6.45, 7) is 2.04. The molecule has 96 valence electrons. The molecule has 1 aromatic carbocycles. The smallest absolute Gasteiger partial charge is 0.160 e. The summed E-state index contributed by atoms with van der Waals surface area (Å²) in [6.07, 6.45) is 0. The van der Waals surface area contributed by atoms with E-state index in [-0.39, 0.29) is 11.8 Å². The van der Waals surface area contributed by atoms with E-state index in [0.29, 0.717) is 5.75 Å². The molecule has 0 radical (unpaired) electrons. The van der Waals surface area contributed by atoms with Crippen LogP contribution in [-0.2, 0) is 0 Å². The van der Waals surface area contributed by atoms with E-state index in [1.807, 2.05) is 24.4 Å². The topological polar surface area (TPSA) is 41.5 Å². The summed E-state index contributed by atoms with van der Waals surface area (Å²) in [7, 11) is 1.53. The van der Waals surface area contributed by atoms with Gasteiger partial charge in [-0.1, -0.05) is 11.6 Å². The van der Waals surface area contributed by atoms with Crippen molar-refractivity contribution in [2.45, 2.75) is 13.0 Å². The van der Waals surface area contributed by atoms with E-state index in [1.165, 1.54) is 18.4 Å². The predicted octanol–water partition coefficient (Wildman–Crippen LogP) is 4.29. The monoisotopic (exact) mass is 283 g/mol. The molecule has 5 heteroatoms. The molecule has 18 heavy (non-hydrogen) atoms. The molecule has 1 heterocycles. The van der Waals surface area contributed by atoms with Gasteiger partial charge in [-0.15, -0.1) is 11.3 Å². The van der Waals surface area contributed by atoms with E-state index in [4.69, 9.17) is 16.3 Å². The van der Waals surface area contributed by atoms with Gasteiger partial charge in [0.25, 0.3) is 0 Å². The first-order valence-corrected chi connectivity index (χ1v) is 6.73. The van der Waals surface area contributed by atoms with Gasteiger partial charge in [-0.05, 0) is 36.1 Å². The maximum absolute atomic E-state index is 9.69. The number of hydrogen-bond donors (Lipinski definition) is 2. The lowest BCUT2D eigenvalue weighted by atomic mass is 10.1. The number of hydrogen-bond acceptors (Lipinski definition) is 4. The van der Waals surface area contributed by atoms with E-state index in [2.05, 4.69) is 5.32 Å². The Morgan fingerprint density at radius 1 is 1.39 bits per heavy atom. The molecule has 2 N–H and O–H groups in total. The molecule has 1 unspecified atom stereocenters.